The van der Waals surface area contributed by atoms with Crippen LogP contribution in [0.3, 0.4) is 0 Å². The summed E-state index contributed by atoms with van der Waals surface area (Å²) in [6, 6.07) is -0.785. The summed E-state index contributed by atoms with van der Waals surface area (Å²) in [5, 5.41) is 17.5. The Labute approximate surface area is 247 Å². The molecule has 10 heteroatoms. The van der Waals surface area contributed by atoms with Crippen LogP contribution in [0.5, 0.6) is 0 Å². The molecule has 4 N–H and O–H groups in total. The predicted molar refractivity (Wildman–Crippen MR) is 160 cm³/mol. The molecule has 41 heavy (non-hydrogen) atoms. The number of carbonyl (C=O) groups is 4. The predicted octanol–water partition coefficient (Wildman–Crippen LogP) is 4.64. The van der Waals surface area contributed by atoms with Crippen LogP contribution in [-0.2, 0) is 28.7 Å². The fourth-order valence-electron chi connectivity index (χ4n) is 4.66. The van der Waals surface area contributed by atoms with E-state index < -0.39 is 12.0 Å². The number of nitrogens with one attached hydrogen (secondary N) is 3. The van der Waals surface area contributed by atoms with Gasteiger partial charge in [-0.1, -0.05) is 84.0 Å². The Hall–Kier alpha value is -2.20. The topological polar surface area (TPSA) is 143 Å². The van der Waals surface area contributed by atoms with Crippen molar-refractivity contribution in [2.24, 2.45) is 0 Å². The second-order valence-electron chi connectivity index (χ2n) is 11.2. The molecule has 0 aromatic heterocycles. The Balaban J connectivity index is 1.95. The van der Waals surface area contributed by atoms with Crippen molar-refractivity contribution < 1.29 is 33.8 Å². The highest BCUT2D eigenvalue weighted by Gasteiger charge is 2.21. The summed E-state index contributed by atoms with van der Waals surface area (Å²) < 4.78 is 10.6. The molecule has 238 valence electrons. The van der Waals surface area contributed by atoms with E-state index in [0.717, 1.165) is 38.5 Å². The minimum absolute atomic E-state index is 0.00476. The van der Waals surface area contributed by atoms with Crippen molar-refractivity contribution in [3.05, 3.63) is 0 Å². The number of unbranched alkanes of at least 4 members (excludes halogenated alkanes) is 12. The van der Waals surface area contributed by atoms with Gasteiger partial charge in [0, 0.05) is 25.4 Å². The summed E-state index contributed by atoms with van der Waals surface area (Å²) >= 11 is 0. The molecule has 0 saturated heterocycles. The van der Waals surface area contributed by atoms with Gasteiger partial charge in [0.2, 0.25) is 17.7 Å². The van der Waals surface area contributed by atoms with Gasteiger partial charge in [0.05, 0.1) is 19.8 Å². The van der Waals surface area contributed by atoms with Crippen LogP contribution in [-0.4, -0.2) is 73.9 Å². The van der Waals surface area contributed by atoms with E-state index in [9.17, 15) is 24.3 Å². The first-order valence-corrected chi connectivity index (χ1v) is 16.2. The highest BCUT2D eigenvalue weighted by atomic mass is 16.5. The van der Waals surface area contributed by atoms with Crippen molar-refractivity contribution in [3.8, 4) is 0 Å². The fraction of sp³-hybridized carbons (Fsp3) is 0.871. The maximum atomic E-state index is 12.2. The Kier molecular flexibility index (Phi) is 22.9. The van der Waals surface area contributed by atoms with E-state index in [1.807, 2.05) is 0 Å². The molecule has 1 rings (SSSR count). The van der Waals surface area contributed by atoms with Crippen molar-refractivity contribution >= 4 is 23.7 Å². The normalized spacial score (nSPS) is 13.8. The Morgan fingerprint density at radius 1 is 0.732 bits per heavy atom. The molecule has 0 spiro atoms. The third-order valence-electron chi connectivity index (χ3n) is 7.44. The van der Waals surface area contributed by atoms with Crippen molar-refractivity contribution in [2.45, 2.75) is 141 Å². The van der Waals surface area contributed by atoms with Gasteiger partial charge < -0.3 is 30.5 Å². The molecule has 0 aromatic carbocycles. The Morgan fingerprint density at radius 3 is 1.88 bits per heavy atom. The fourth-order valence-corrected chi connectivity index (χ4v) is 4.66. The molecule has 1 atom stereocenters. The molecule has 1 aliphatic rings. The third-order valence-corrected chi connectivity index (χ3v) is 7.44. The molecule has 0 bridgehead atoms. The maximum absolute atomic E-state index is 12.2. The molecule has 0 aliphatic heterocycles. The van der Waals surface area contributed by atoms with Gasteiger partial charge in [-0.25, -0.2) is 4.79 Å². The lowest BCUT2D eigenvalue weighted by molar-refractivity contribution is -0.142. The van der Waals surface area contributed by atoms with E-state index in [1.54, 1.807) is 0 Å². The van der Waals surface area contributed by atoms with E-state index >= 15 is 0 Å². The molecule has 1 unspecified atom stereocenters. The lowest BCUT2D eigenvalue weighted by Crippen LogP contribution is -2.41. The minimum atomic E-state index is -1.14. The average Bonchev–Trinajstić information content (AvgIpc) is 2.92. The first-order chi connectivity index (χ1) is 19.9. The molecule has 0 radical (unpaired) electrons. The number of rotatable bonds is 28. The lowest BCUT2D eigenvalue weighted by Gasteiger charge is -2.26. The molecule has 3 amide bonds. The Morgan fingerprint density at radius 2 is 1.32 bits per heavy atom. The minimum Gasteiger partial charge on any atom is -0.480 e. The van der Waals surface area contributed by atoms with Crippen LogP contribution < -0.4 is 16.0 Å². The summed E-state index contributed by atoms with van der Waals surface area (Å²) in [6.07, 6.45) is 19.5. The molecular formula is C31H57N3O7. The van der Waals surface area contributed by atoms with Crippen LogP contribution in [0, 0.1) is 0 Å². The maximum Gasteiger partial charge on any atom is 0.326 e. The first kappa shape index (κ1) is 36.8. The zero-order chi connectivity index (χ0) is 30.0. The number of ether oxygens (including phenoxy) is 2. The van der Waals surface area contributed by atoms with Crippen LogP contribution >= 0.6 is 0 Å². The quantitative estimate of drug-likeness (QED) is 0.0983. The largest absolute Gasteiger partial charge is 0.480 e. The van der Waals surface area contributed by atoms with Crippen molar-refractivity contribution in [2.75, 3.05) is 33.0 Å². The van der Waals surface area contributed by atoms with Crippen LogP contribution in [0.25, 0.3) is 0 Å². The zero-order valence-electron chi connectivity index (χ0n) is 25.5. The van der Waals surface area contributed by atoms with Gasteiger partial charge in [-0.15, -0.1) is 0 Å². The summed E-state index contributed by atoms with van der Waals surface area (Å²) in [5.74, 6) is -1.83. The molecule has 1 saturated carbocycles. The van der Waals surface area contributed by atoms with Gasteiger partial charge in [-0.2, -0.15) is 0 Å². The monoisotopic (exact) mass is 583 g/mol. The molecule has 0 aromatic rings. The second-order valence-corrected chi connectivity index (χ2v) is 11.2. The van der Waals surface area contributed by atoms with Gasteiger partial charge in [0.1, 0.15) is 12.6 Å². The smallest absolute Gasteiger partial charge is 0.326 e. The standard InChI is InChI=1S/C31H57N3O7/c1-2-3-4-5-6-7-8-9-10-11-12-13-14-18-29(36)34-27(31(38)39)19-20-28(35)32-21-22-40-23-24-41-25-30(37)33-26-16-15-17-26/h26-27H,2-25H2,1H3,(H,32,35)(H,33,37)(H,34,36)(H,38,39). The summed E-state index contributed by atoms with van der Waals surface area (Å²) in [4.78, 5) is 47.4. The highest BCUT2D eigenvalue weighted by Crippen LogP contribution is 2.17. The second kappa shape index (κ2) is 25.5. The number of amides is 3. The number of hydrogen-bond donors (Lipinski definition) is 4. The number of carboxylic acid groups (broad SMARTS) is 1. The van der Waals surface area contributed by atoms with Crippen molar-refractivity contribution in [1.82, 2.24) is 16.0 Å². The third kappa shape index (κ3) is 22.1. The zero-order valence-corrected chi connectivity index (χ0v) is 25.5. The molecule has 1 fully saturated rings. The van der Waals surface area contributed by atoms with Crippen LogP contribution in [0.1, 0.15) is 129 Å². The summed E-state index contributed by atoms with van der Waals surface area (Å²) in [5.41, 5.74) is 0. The molecule has 0 heterocycles. The number of aliphatic carboxylic acids is 1. The number of carbonyl (C=O) groups excluding carboxylic acids is 3. The van der Waals surface area contributed by atoms with Gasteiger partial charge in [0.15, 0.2) is 0 Å². The van der Waals surface area contributed by atoms with Crippen molar-refractivity contribution in [3.63, 3.8) is 0 Å². The Bertz CT molecular complexity index is 716. The SMILES string of the molecule is CCCCCCCCCCCCCCCC(=O)NC(CCC(=O)NCCOCCOCC(=O)NC1CCC1)C(=O)O. The molecular weight excluding hydrogens is 526 g/mol. The van der Waals surface area contributed by atoms with Crippen LogP contribution in [0.2, 0.25) is 0 Å². The molecule has 1 aliphatic carbocycles. The first-order valence-electron chi connectivity index (χ1n) is 16.2. The van der Waals surface area contributed by atoms with E-state index in [-0.39, 0.29) is 56.9 Å². The highest BCUT2D eigenvalue weighted by molar-refractivity contribution is 5.84. The number of hydrogen-bond acceptors (Lipinski definition) is 6. The van der Waals surface area contributed by atoms with Crippen LogP contribution in [0.15, 0.2) is 0 Å². The van der Waals surface area contributed by atoms with Gasteiger partial charge in [0.25, 0.3) is 0 Å². The number of carboxylic acids is 1. The average molecular weight is 584 g/mol. The van der Waals surface area contributed by atoms with Crippen LogP contribution in [0.4, 0.5) is 0 Å². The summed E-state index contributed by atoms with van der Waals surface area (Å²) in [7, 11) is 0. The van der Waals surface area contributed by atoms with Gasteiger partial charge in [-0.3, -0.25) is 14.4 Å². The van der Waals surface area contributed by atoms with E-state index in [0.29, 0.717) is 19.1 Å². The molecule has 10 nitrogen and oxygen atoms in total. The lowest BCUT2D eigenvalue weighted by atomic mass is 9.93. The van der Waals surface area contributed by atoms with E-state index in [4.69, 9.17) is 9.47 Å². The van der Waals surface area contributed by atoms with E-state index in [1.165, 1.54) is 64.2 Å². The van der Waals surface area contributed by atoms with Crippen molar-refractivity contribution in [1.29, 1.82) is 0 Å². The summed E-state index contributed by atoms with van der Waals surface area (Å²) in [6.45, 7) is 3.40. The van der Waals surface area contributed by atoms with Gasteiger partial charge >= 0.3 is 5.97 Å². The van der Waals surface area contributed by atoms with Gasteiger partial charge in [-0.05, 0) is 32.1 Å². The van der Waals surface area contributed by atoms with E-state index in [2.05, 4.69) is 22.9 Å².